The van der Waals surface area contributed by atoms with Crippen LogP contribution in [0.3, 0.4) is 0 Å². The van der Waals surface area contributed by atoms with E-state index in [2.05, 4.69) is 298 Å². The number of fused-ring (bicyclic) bond motifs is 5. The smallest absolute Gasteiger partial charge is 0.316 e. The van der Waals surface area contributed by atoms with E-state index in [0.29, 0.717) is 24.4 Å². The highest BCUT2D eigenvalue weighted by atomic mass is 16.5. The van der Waals surface area contributed by atoms with E-state index in [4.69, 9.17) is 9.72 Å². The van der Waals surface area contributed by atoms with E-state index in [1.54, 1.807) is 5.47 Å². The first-order valence-electron chi connectivity index (χ1n) is 32.5. The second-order valence-electron chi connectivity index (χ2n) is 27.0. The van der Waals surface area contributed by atoms with Crippen LogP contribution in [0.5, 0.6) is 11.5 Å². The van der Waals surface area contributed by atoms with Crippen LogP contribution in [0.2, 0.25) is 0 Å². The third-order valence-corrected chi connectivity index (χ3v) is 20.9. The second kappa shape index (κ2) is 21.7. The van der Waals surface area contributed by atoms with Crippen molar-refractivity contribution in [1.29, 1.82) is 0 Å². The van der Waals surface area contributed by atoms with Gasteiger partial charge in [-0.1, -0.05) is 186 Å². The molecule has 3 aliphatic heterocycles. The molecule has 4 aliphatic carbocycles. The summed E-state index contributed by atoms with van der Waals surface area (Å²) < 4.78 is 9.90. The normalized spacial score (nSPS) is 20.8. The molecule has 434 valence electrons. The topological polar surface area (TPSA) is 36.8 Å². The lowest BCUT2D eigenvalue weighted by Gasteiger charge is -2.63. The highest BCUT2D eigenvalue weighted by Gasteiger charge is 2.61. The third kappa shape index (κ3) is 8.93. The standard InChI is InChI=1S/C81H76BN5O/c1-52(2)59-46-71(53(3)4)79(72(47-59)54(5)6)60-44-64(85-51-86(75-30-16-15-29-74(75)85)80-67(57-21-9-7-10-22-57)26-19-27-68(80)58-23-11-8-12-24-58)49-66(45-60)88-65-32-33-70-69-25-13-14-28-73(69)87(76(70)50-65)78-48-61(34-36-83-78)81(62-40-55-39-56(42-62)43-63(81)41-55)77-31-20-38-84-37-18-17-35-82(77)84/h7-38,44-50,52-56,62-63H,39-43,51H2,1-6H3. The molecule has 6 nitrogen and oxygen atoms in total. The molecule has 0 saturated heterocycles. The molecular weight excluding hydrogens is 1070 g/mol. The van der Waals surface area contributed by atoms with E-state index in [1.807, 2.05) is 0 Å². The molecule has 4 bridgehead atoms. The lowest BCUT2D eigenvalue weighted by Crippen LogP contribution is -2.60. The van der Waals surface area contributed by atoms with Crippen LogP contribution >= 0.6 is 0 Å². The van der Waals surface area contributed by atoms with Crippen LogP contribution in [0.15, 0.2) is 242 Å². The van der Waals surface area contributed by atoms with Gasteiger partial charge < -0.3 is 19.3 Å². The molecule has 0 atom stereocenters. The summed E-state index contributed by atoms with van der Waals surface area (Å²) in [5.74, 6) is 8.76. The highest BCUT2D eigenvalue weighted by Crippen LogP contribution is 2.66. The van der Waals surface area contributed by atoms with Gasteiger partial charge in [-0.3, -0.25) is 4.57 Å². The van der Waals surface area contributed by atoms with Crippen LogP contribution < -0.4 is 14.5 Å². The number of rotatable bonds is 13. The Kier molecular flexibility index (Phi) is 13.4. The number of allylic oxidation sites excluding steroid dienone is 5. The van der Waals surface area contributed by atoms with Gasteiger partial charge in [0.05, 0.1) is 28.1 Å². The van der Waals surface area contributed by atoms with Gasteiger partial charge in [0.2, 0.25) is 0 Å². The molecule has 8 aromatic carbocycles. The van der Waals surface area contributed by atoms with Crippen molar-refractivity contribution in [3.63, 3.8) is 0 Å². The molecule has 0 radical (unpaired) electrons. The molecule has 2 aromatic heterocycles. The molecule has 4 saturated carbocycles. The number of hydrogen-bond donors (Lipinski definition) is 0. The van der Waals surface area contributed by atoms with E-state index in [9.17, 15) is 0 Å². The fourth-order valence-corrected chi connectivity index (χ4v) is 17.3. The van der Waals surface area contributed by atoms with Gasteiger partial charge in [-0.2, -0.15) is 0 Å². The number of anilines is 4. The Balaban J connectivity index is 0.853. The van der Waals surface area contributed by atoms with E-state index >= 15 is 0 Å². The molecule has 0 unspecified atom stereocenters. The summed E-state index contributed by atoms with van der Waals surface area (Å²) in [6, 6.07) is 69.9. The van der Waals surface area contributed by atoms with E-state index < -0.39 is 0 Å². The number of aromatic nitrogens is 2. The summed E-state index contributed by atoms with van der Waals surface area (Å²) >= 11 is 0. The average molecular weight is 1150 g/mol. The summed E-state index contributed by atoms with van der Waals surface area (Å²) in [5.41, 5.74) is 21.0. The van der Waals surface area contributed by atoms with Gasteiger partial charge in [0.15, 0.2) is 0 Å². The Labute approximate surface area is 519 Å². The van der Waals surface area contributed by atoms with Crippen LogP contribution in [-0.4, -0.2) is 27.9 Å². The minimum absolute atomic E-state index is 0.0909. The Hall–Kier alpha value is -9.07. The summed E-state index contributed by atoms with van der Waals surface area (Å²) in [6.45, 7) is 14.8. The Morgan fingerprint density at radius 1 is 0.523 bits per heavy atom. The lowest BCUT2D eigenvalue weighted by atomic mass is 9.33. The summed E-state index contributed by atoms with van der Waals surface area (Å²) in [4.78, 5) is 12.8. The number of ether oxygens (including phenoxy) is 1. The van der Waals surface area contributed by atoms with Gasteiger partial charge in [-0.05, 0) is 197 Å². The SMILES string of the molecule is CC(C)c1cc(C(C)C)c(-c2cc(Oc3ccc4c5ccccc5n(-c5cc(C6(C7=CC=CN8C=CC=CB78)C7CC8CC(C7)CC6C8)ccn5)c4c3)cc(N3CN(c4c(-c5ccccc5)cccc4-c4ccccc4)c4ccccc43)c2)c(C(C)C)c1. The molecule has 88 heavy (non-hydrogen) atoms. The van der Waals surface area contributed by atoms with Crippen molar-refractivity contribution in [2.24, 2.45) is 23.7 Å². The number of hydrogen-bond acceptors (Lipinski definition) is 5. The predicted molar refractivity (Wildman–Crippen MR) is 368 cm³/mol. The van der Waals surface area contributed by atoms with Crippen LogP contribution in [0.4, 0.5) is 22.7 Å². The van der Waals surface area contributed by atoms with Crippen LogP contribution in [0.1, 0.15) is 114 Å². The van der Waals surface area contributed by atoms with Crippen molar-refractivity contribution in [2.45, 2.75) is 96.8 Å². The van der Waals surface area contributed by atoms with Gasteiger partial charge in [-0.15, -0.1) is 0 Å². The first kappa shape index (κ1) is 54.3. The van der Waals surface area contributed by atoms with Crippen molar-refractivity contribution < 1.29 is 4.74 Å². The van der Waals surface area contributed by atoms with Gasteiger partial charge in [0.1, 0.15) is 24.0 Å². The van der Waals surface area contributed by atoms with E-state index in [1.165, 1.54) is 98.6 Å². The zero-order valence-electron chi connectivity index (χ0n) is 51.5. The number of benzene rings is 8. The fraction of sp³-hybridized carbons (Fsp3) is 0.247. The molecule has 17 rings (SSSR count). The van der Waals surface area contributed by atoms with E-state index in [0.717, 1.165) is 62.8 Å². The van der Waals surface area contributed by atoms with Crippen molar-refractivity contribution in [2.75, 3.05) is 16.5 Å². The fourth-order valence-electron chi connectivity index (χ4n) is 17.3. The van der Waals surface area contributed by atoms with E-state index in [-0.39, 0.29) is 24.1 Å². The quantitative estimate of drug-likeness (QED) is 0.108. The number of para-hydroxylation sites is 4. The van der Waals surface area contributed by atoms with Gasteiger partial charge in [0.25, 0.3) is 0 Å². The van der Waals surface area contributed by atoms with Crippen molar-refractivity contribution in [1.82, 2.24) is 14.4 Å². The molecule has 0 N–H and O–H groups in total. The Bertz CT molecular complexity index is 4370. The molecule has 5 heterocycles. The Morgan fingerprint density at radius 2 is 1.16 bits per heavy atom. The van der Waals surface area contributed by atoms with Crippen molar-refractivity contribution in [3.8, 4) is 50.7 Å². The minimum atomic E-state index is -0.0909. The maximum atomic E-state index is 7.48. The summed E-state index contributed by atoms with van der Waals surface area (Å²) in [5, 5.41) is 2.38. The predicted octanol–water partition coefficient (Wildman–Crippen LogP) is 21.2. The molecular formula is C81H76BN5O. The van der Waals surface area contributed by atoms with Gasteiger partial charge >= 0.3 is 6.85 Å². The molecule has 10 aromatic rings. The zero-order valence-corrected chi connectivity index (χ0v) is 51.5. The van der Waals surface area contributed by atoms with Crippen molar-refractivity contribution in [3.05, 3.63) is 265 Å². The molecule has 0 spiro atoms. The van der Waals surface area contributed by atoms with Crippen LogP contribution in [0.25, 0.3) is 61.0 Å². The average Bonchev–Trinajstić information content (AvgIpc) is 0.880. The minimum Gasteiger partial charge on any atom is -0.457 e. The highest BCUT2D eigenvalue weighted by molar-refractivity contribution is 6.70. The molecule has 7 heteroatoms. The summed E-state index contributed by atoms with van der Waals surface area (Å²) in [6.07, 6.45) is 22.5. The maximum Gasteiger partial charge on any atom is 0.316 e. The third-order valence-electron chi connectivity index (χ3n) is 20.9. The molecule has 4 fully saturated rings. The van der Waals surface area contributed by atoms with Crippen LogP contribution in [-0.2, 0) is 5.41 Å². The van der Waals surface area contributed by atoms with Crippen LogP contribution in [0, 0.1) is 23.7 Å². The second-order valence-corrected chi connectivity index (χ2v) is 27.0. The number of nitrogens with zero attached hydrogens (tertiary/aromatic N) is 5. The monoisotopic (exact) mass is 1150 g/mol. The zero-order chi connectivity index (χ0) is 59.4. The lowest BCUT2D eigenvalue weighted by molar-refractivity contribution is -0.0411. The molecule has 0 amide bonds. The summed E-state index contributed by atoms with van der Waals surface area (Å²) in [7, 11) is 0. The first-order valence-corrected chi connectivity index (χ1v) is 32.5. The largest absolute Gasteiger partial charge is 0.457 e. The molecule has 7 aliphatic rings. The van der Waals surface area contributed by atoms with Crippen molar-refractivity contribution >= 4 is 51.4 Å². The van der Waals surface area contributed by atoms with Gasteiger partial charge in [-0.25, -0.2) is 4.98 Å². The first-order chi connectivity index (χ1) is 43.1. The number of pyridine rings is 1. The maximum absolute atomic E-state index is 7.48. The Morgan fingerprint density at radius 3 is 1.84 bits per heavy atom. The van der Waals surface area contributed by atoms with Gasteiger partial charge in [0, 0.05) is 51.3 Å².